The van der Waals surface area contributed by atoms with Crippen LogP contribution in [0.2, 0.25) is 0 Å². The minimum absolute atomic E-state index is 0.398. The van der Waals surface area contributed by atoms with E-state index in [1.165, 1.54) is 44.9 Å². The van der Waals surface area contributed by atoms with Crippen molar-refractivity contribution in [3.63, 3.8) is 0 Å². The number of rotatable bonds is 2. The van der Waals surface area contributed by atoms with Crippen LogP contribution in [-0.2, 0) is 4.74 Å². The van der Waals surface area contributed by atoms with E-state index in [2.05, 4.69) is 12.2 Å². The van der Waals surface area contributed by atoms with Crippen molar-refractivity contribution in [2.75, 3.05) is 13.2 Å². The average molecular weight is 197 g/mol. The smallest absolute Gasteiger partial charge is 0.0620 e. The van der Waals surface area contributed by atoms with Crippen LogP contribution in [0.1, 0.15) is 51.9 Å². The Bertz CT molecular complexity index is 167. The first-order valence-corrected chi connectivity index (χ1v) is 6.14. The van der Waals surface area contributed by atoms with Crippen molar-refractivity contribution in [1.82, 2.24) is 5.32 Å². The quantitative estimate of drug-likeness (QED) is 0.687. The molecule has 1 atom stereocenters. The van der Waals surface area contributed by atoms with Crippen molar-refractivity contribution in [3.05, 3.63) is 0 Å². The molecule has 0 aromatic rings. The van der Waals surface area contributed by atoms with Crippen LogP contribution in [0.4, 0.5) is 0 Å². The van der Waals surface area contributed by atoms with Crippen LogP contribution in [0, 0.1) is 0 Å². The van der Waals surface area contributed by atoms with Gasteiger partial charge in [-0.25, -0.2) is 0 Å². The van der Waals surface area contributed by atoms with Gasteiger partial charge in [-0.15, -0.1) is 0 Å². The lowest BCUT2D eigenvalue weighted by atomic mass is 9.91. The Kier molecular flexibility index (Phi) is 3.45. The zero-order valence-electron chi connectivity index (χ0n) is 9.35. The van der Waals surface area contributed by atoms with Crippen LogP contribution in [-0.4, -0.2) is 24.8 Å². The predicted molar refractivity (Wildman–Crippen MR) is 58.5 cm³/mol. The molecule has 2 heteroatoms. The molecule has 1 saturated carbocycles. The lowest BCUT2D eigenvalue weighted by Gasteiger charge is -2.32. The second-order valence-electron chi connectivity index (χ2n) is 5.18. The Morgan fingerprint density at radius 2 is 1.86 bits per heavy atom. The average Bonchev–Trinajstić information content (AvgIpc) is 2.55. The lowest BCUT2D eigenvalue weighted by molar-refractivity contribution is 0.179. The maximum absolute atomic E-state index is 5.41. The highest BCUT2D eigenvalue weighted by Crippen LogP contribution is 2.27. The summed E-state index contributed by atoms with van der Waals surface area (Å²) in [6.45, 7) is 4.28. The van der Waals surface area contributed by atoms with Crippen LogP contribution < -0.4 is 5.32 Å². The van der Waals surface area contributed by atoms with E-state index in [0.29, 0.717) is 11.6 Å². The zero-order chi connectivity index (χ0) is 9.86. The zero-order valence-corrected chi connectivity index (χ0v) is 9.35. The molecule has 1 heterocycles. The normalized spacial score (nSPS) is 32.8. The Morgan fingerprint density at radius 3 is 2.43 bits per heavy atom. The van der Waals surface area contributed by atoms with E-state index >= 15 is 0 Å². The van der Waals surface area contributed by atoms with Gasteiger partial charge in [0.15, 0.2) is 0 Å². The summed E-state index contributed by atoms with van der Waals surface area (Å²) in [5, 5.41) is 3.81. The van der Waals surface area contributed by atoms with Crippen LogP contribution >= 0.6 is 0 Å². The van der Waals surface area contributed by atoms with E-state index in [9.17, 15) is 0 Å². The second-order valence-corrected chi connectivity index (χ2v) is 5.18. The van der Waals surface area contributed by atoms with E-state index in [1.807, 2.05) is 0 Å². The highest BCUT2D eigenvalue weighted by molar-refractivity contribution is 4.89. The molecule has 0 spiro atoms. The van der Waals surface area contributed by atoms with Crippen molar-refractivity contribution >= 4 is 0 Å². The fraction of sp³-hybridized carbons (Fsp3) is 1.00. The summed E-state index contributed by atoms with van der Waals surface area (Å²) in [6, 6.07) is 0.623. The van der Waals surface area contributed by atoms with E-state index in [-0.39, 0.29) is 0 Å². The van der Waals surface area contributed by atoms with Gasteiger partial charge < -0.3 is 10.1 Å². The third-order valence-corrected chi connectivity index (χ3v) is 3.69. The Hall–Kier alpha value is -0.0800. The summed E-state index contributed by atoms with van der Waals surface area (Å²) < 4.78 is 5.41. The molecule has 14 heavy (non-hydrogen) atoms. The molecule has 2 nitrogen and oxygen atoms in total. The fourth-order valence-electron chi connectivity index (χ4n) is 2.79. The van der Waals surface area contributed by atoms with Crippen molar-refractivity contribution in [3.8, 4) is 0 Å². The summed E-state index contributed by atoms with van der Waals surface area (Å²) in [4.78, 5) is 0. The molecule has 1 aliphatic heterocycles. The summed E-state index contributed by atoms with van der Waals surface area (Å²) in [5.41, 5.74) is 0.398. The standard InChI is InChI=1S/C12H23NO/c1-12(7-4-2-3-5-8-12)13-11-6-9-14-10-11/h11,13H,2-10H2,1H3. The topological polar surface area (TPSA) is 21.3 Å². The second kappa shape index (κ2) is 4.63. The first kappa shape index (κ1) is 10.4. The molecule has 2 aliphatic rings. The highest BCUT2D eigenvalue weighted by Gasteiger charge is 2.29. The van der Waals surface area contributed by atoms with E-state index in [0.717, 1.165) is 13.2 Å². The van der Waals surface area contributed by atoms with Gasteiger partial charge in [-0.1, -0.05) is 25.7 Å². The van der Waals surface area contributed by atoms with E-state index in [4.69, 9.17) is 4.74 Å². The van der Waals surface area contributed by atoms with Gasteiger partial charge in [0.05, 0.1) is 6.61 Å². The van der Waals surface area contributed by atoms with Gasteiger partial charge in [0.1, 0.15) is 0 Å². The fourth-order valence-corrected chi connectivity index (χ4v) is 2.79. The van der Waals surface area contributed by atoms with Crippen LogP contribution in [0.15, 0.2) is 0 Å². The van der Waals surface area contributed by atoms with Crippen molar-refractivity contribution in [2.24, 2.45) is 0 Å². The maximum Gasteiger partial charge on any atom is 0.0620 e. The van der Waals surface area contributed by atoms with Crippen molar-refractivity contribution < 1.29 is 4.74 Å². The molecule has 1 saturated heterocycles. The molecular formula is C12H23NO. The summed E-state index contributed by atoms with van der Waals surface area (Å²) >= 11 is 0. The molecule has 0 aromatic carbocycles. The number of nitrogens with one attached hydrogen (secondary N) is 1. The van der Waals surface area contributed by atoms with Gasteiger partial charge in [0.25, 0.3) is 0 Å². The van der Waals surface area contributed by atoms with Gasteiger partial charge in [-0.3, -0.25) is 0 Å². The molecule has 2 fully saturated rings. The third-order valence-electron chi connectivity index (χ3n) is 3.69. The molecular weight excluding hydrogens is 174 g/mol. The molecule has 0 radical (unpaired) electrons. The maximum atomic E-state index is 5.41. The van der Waals surface area contributed by atoms with Crippen LogP contribution in [0.3, 0.4) is 0 Å². The molecule has 1 unspecified atom stereocenters. The van der Waals surface area contributed by atoms with E-state index in [1.54, 1.807) is 0 Å². The van der Waals surface area contributed by atoms with Gasteiger partial charge in [0, 0.05) is 18.2 Å². The SMILES string of the molecule is CC1(NC2CCOC2)CCCCCC1. The van der Waals surface area contributed by atoms with Gasteiger partial charge in [-0.05, 0) is 26.2 Å². The van der Waals surface area contributed by atoms with Gasteiger partial charge in [-0.2, -0.15) is 0 Å². The molecule has 0 amide bonds. The summed E-state index contributed by atoms with van der Waals surface area (Å²) in [5.74, 6) is 0. The first-order chi connectivity index (χ1) is 6.79. The minimum Gasteiger partial charge on any atom is -0.380 e. The van der Waals surface area contributed by atoms with Crippen molar-refractivity contribution in [1.29, 1.82) is 0 Å². The van der Waals surface area contributed by atoms with Gasteiger partial charge >= 0.3 is 0 Å². The van der Waals surface area contributed by atoms with E-state index < -0.39 is 0 Å². The molecule has 1 aliphatic carbocycles. The molecule has 2 rings (SSSR count). The Balaban J connectivity index is 1.85. The van der Waals surface area contributed by atoms with Crippen LogP contribution in [0.5, 0.6) is 0 Å². The third kappa shape index (κ3) is 2.71. The Morgan fingerprint density at radius 1 is 1.14 bits per heavy atom. The minimum atomic E-state index is 0.398. The van der Waals surface area contributed by atoms with Crippen molar-refractivity contribution in [2.45, 2.75) is 63.5 Å². The Labute approximate surface area is 87.4 Å². The first-order valence-electron chi connectivity index (χ1n) is 6.14. The lowest BCUT2D eigenvalue weighted by Crippen LogP contribution is -2.48. The van der Waals surface area contributed by atoms with Crippen LogP contribution in [0.25, 0.3) is 0 Å². The monoisotopic (exact) mass is 197 g/mol. The number of hydrogen-bond acceptors (Lipinski definition) is 2. The largest absolute Gasteiger partial charge is 0.380 e. The number of ether oxygens (including phenoxy) is 1. The number of hydrogen-bond donors (Lipinski definition) is 1. The highest BCUT2D eigenvalue weighted by atomic mass is 16.5. The summed E-state index contributed by atoms with van der Waals surface area (Å²) in [7, 11) is 0. The molecule has 1 N–H and O–H groups in total. The molecule has 82 valence electrons. The van der Waals surface area contributed by atoms with Gasteiger partial charge in [0.2, 0.25) is 0 Å². The summed E-state index contributed by atoms with van der Waals surface area (Å²) in [6.07, 6.45) is 9.56. The molecule has 0 bridgehead atoms. The predicted octanol–water partition coefficient (Wildman–Crippen LogP) is 2.48. The molecule has 0 aromatic heterocycles.